The van der Waals surface area contributed by atoms with Crippen LogP contribution in [-0.4, -0.2) is 43.8 Å². The molecule has 1 saturated heterocycles. The number of aliphatic carboxylic acids is 1. The largest absolute Gasteiger partial charge is 0.479 e. The Kier molecular flexibility index (Phi) is 4.89. The monoisotopic (exact) mass is 378 g/mol. The zero-order valence-electron chi connectivity index (χ0n) is 16.4. The molecule has 6 heteroatoms. The molecule has 1 N–H and O–H groups in total. The van der Waals surface area contributed by atoms with Gasteiger partial charge >= 0.3 is 5.97 Å². The summed E-state index contributed by atoms with van der Waals surface area (Å²) in [7, 11) is 0. The Morgan fingerprint density at radius 2 is 1.89 bits per heavy atom. The molecule has 1 aliphatic heterocycles. The van der Waals surface area contributed by atoms with Crippen LogP contribution in [-0.2, 0) is 16.9 Å². The van der Waals surface area contributed by atoms with Crippen molar-refractivity contribution in [3.8, 4) is 0 Å². The van der Waals surface area contributed by atoms with E-state index < -0.39 is 11.5 Å². The third-order valence-electron chi connectivity index (χ3n) is 5.76. The van der Waals surface area contributed by atoms with Gasteiger partial charge in [-0.15, -0.1) is 0 Å². The first-order valence-electron chi connectivity index (χ1n) is 9.84. The number of hydrogen-bond donors (Lipinski definition) is 1. The van der Waals surface area contributed by atoms with Gasteiger partial charge in [0.1, 0.15) is 0 Å². The summed E-state index contributed by atoms with van der Waals surface area (Å²) >= 11 is 0. The van der Waals surface area contributed by atoms with Gasteiger partial charge in [0.2, 0.25) is 0 Å². The first-order valence-corrected chi connectivity index (χ1v) is 9.84. The van der Waals surface area contributed by atoms with Crippen molar-refractivity contribution in [2.75, 3.05) is 13.1 Å². The number of carbonyl (C=O) groups is 1. The van der Waals surface area contributed by atoms with E-state index in [-0.39, 0.29) is 5.92 Å². The first-order chi connectivity index (χ1) is 13.5. The van der Waals surface area contributed by atoms with E-state index in [0.29, 0.717) is 25.9 Å². The number of para-hydroxylation sites is 1. The van der Waals surface area contributed by atoms with Gasteiger partial charge in [0.25, 0.3) is 0 Å². The van der Waals surface area contributed by atoms with Gasteiger partial charge in [0, 0.05) is 31.2 Å². The van der Waals surface area contributed by atoms with Gasteiger partial charge in [-0.2, -0.15) is 5.10 Å². The van der Waals surface area contributed by atoms with Crippen LogP contribution < -0.4 is 0 Å². The SMILES string of the molecule is CC(C)c1ccn(C2(C(=O)O)CCN(Cc3ccc4ccccc4n3)CC2)n1. The van der Waals surface area contributed by atoms with E-state index >= 15 is 0 Å². The second-order valence-corrected chi connectivity index (χ2v) is 7.95. The molecule has 0 atom stereocenters. The highest BCUT2D eigenvalue weighted by Gasteiger charge is 2.44. The number of fused-ring (bicyclic) bond motifs is 1. The summed E-state index contributed by atoms with van der Waals surface area (Å²) in [5.74, 6) is -0.513. The van der Waals surface area contributed by atoms with E-state index in [1.54, 1.807) is 4.68 Å². The Morgan fingerprint density at radius 1 is 1.14 bits per heavy atom. The van der Waals surface area contributed by atoms with Crippen molar-refractivity contribution in [1.29, 1.82) is 0 Å². The van der Waals surface area contributed by atoms with E-state index in [2.05, 4.69) is 42.0 Å². The van der Waals surface area contributed by atoms with Crippen LogP contribution in [0, 0.1) is 0 Å². The van der Waals surface area contributed by atoms with Gasteiger partial charge in [0.05, 0.1) is 16.9 Å². The van der Waals surface area contributed by atoms with Gasteiger partial charge in [0.15, 0.2) is 5.54 Å². The summed E-state index contributed by atoms with van der Waals surface area (Å²) in [6.07, 6.45) is 2.90. The normalized spacial score (nSPS) is 17.2. The van der Waals surface area contributed by atoms with Crippen LogP contribution in [0.2, 0.25) is 0 Å². The van der Waals surface area contributed by atoms with Gasteiger partial charge < -0.3 is 5.11 Å². The highest BCUT2D eigenvalue weighted by Crippen LogP contribution is 2.31. The lowest BCUT2D eigenvalue weighted by Crippen LogP contribution is -2.51. The summed E-state index contributed by atoms with van der Waals surface area (Å²) < 4.78 is 1.68. The lowest BCUT2D eigenvalue weighted by Gasteiger charge is -2.38. The minimum atomic E-state index is -0.958. The maximum Gasteiger partial charge on any atom is 0.331 e. The average molecular weight is 378 g/mol. The van der Waals surface area contributed by atoms with E-state index in [0.717, 1.165) is 28.8 Å². The number of aromatic nitrogens is 3. The zero-order chi connectivity index (χ0) is 19.7. The second-order valence-electron chi connectivity index (χ2n) is 7.95. The minimum Gasteiger partial charge on any atom is -0.479 e. The molecule has 2 aromatic heterocycles. The molecule has 0 unspecified atom stereocenters. The summed E-state index contributed by atoms with van der Waals surface area (Å²) in [6.45, 7) is 6.28. The molecular weight excluding hydrogens is 352 g/mol. The molecule has 146 valence electrons. The van der Waals surface area contributed by atoms with Crippen LogP contribution >= 0.6 is 0 Å². The number of likely N-dealkylation sites (tertiary alicyclic amines) is 1. The van der Waals surface area contributed by atoms with Crippen LogP contribution in [0.4, 0.5) is 0 Å². The van der Waals surface area contributed by atoms with E-state index in [1.807, 2.05) is 30.5 Å². The van der Waals surface area contributed by atoms with Crippen LogP contribution in [0.5, 0.6) is 0 Å². The predicted molar refractivity (Wildman–Crippen MR) is 108 cm³/mol. The number of carboxylic acids is 1. The predicted octanol–water partition coefficient (Wildman–Crippen LogP) is 3.63. The first kappa shape index (κ1) is 18.6. The third kappa shape index (κ3) is 3.40. The summed E-state index contributed by atoms with van der Waals surface area (Å²) in [5, 5.41) is 15.7. The molecule has 0 spiro atoms. The number of piperidine rings is 1. The molecule has 1 aliphatic rings. The van der Waals surface area contributed by atoms with Crippen LogP contribution in [0.25, 0.3) is 10.9 Å². The van der Waals surface area contributed by atoms with Crippen LogP contribution in [0.15, 0.2) is 48.7 Å². The van der Waals surface area contributed by atoms with E-state index in [4.69, 9.17) is 4.98 Å². The molecule has 1 aromatic carbocycles. The maximum atomic E-state index is 12.2. The Bertz CT molecular complexity index is 987. The molecule has 28 heavy (non-hydrogen) atoms. The molecule has 0 aliphatic carbocycles. The number of carboxylic acid groups (broad SMARTS) is 1. The standard InChI is InChI=1S/C22H26N4O2/c1-16(2)19-9-12-26(24-19)22(21(27)28)10-13-25(14-11-22)15-18-8-7-17-5-3-4-6-20(17)23-18/h3-9,12,16H,10-11,13-15H2,1-2H3,(H,27,28). The van der Waals surface area contributed by atoms with Crippen molar-refractivity contribution in [2.45, 2.75) is 44.7 Å². The highest BCUT2D eigenvalue weighted by atomic mass is 16.4. The molecule has 6 nitrogen and oxygen atoms in total. The lowest BCUT2D eigenvalue weighted by molar-refractivity contribution is -0.151. The van der Waals surface area contributed by atoms with Crippen molar-refractivity contribution < 1.29 is 9.90 Å². The number of rotatable bonds is 5. The Hall–Kier alpha value is -2.73. The fraction of sp³-hybridized carbons (Fsp3) is 0.409. The molecule has 0 saturated carbocycles. The van der Waals surface area contributed by atoms with Gasteiger partial charge in [-0.1, -0.05) is 38.1 Å². The maximum absolute atomic E-state index is 12.2. The highest BCUT2D eigenvalue weighted by molar-refractivity contribution is 5.78. The van der Waals surface area contributed by atoms with Crippen LogP contribution in [0.3, 0.4) is 0 Å². The van der Waals surface area contributed by atoms with Crippen molar-refractivity contribution in [3.63, 3.8) is 0 Å². The van der Waals surface area contributed by atoms with Gasteiger partial charge in [-0.3, -0.25) is 14.6 Å². The van der Waals surface area contributed by atoms with Crippen LogP contribution in [0.1, 0.15) is 44.0 Å². The molecular formula is C22H26N4O2. The summed E-state index contributed by atoms with van der Waals surface area (Å²) in [6, 6.07) is 14.2. The Balaban J connectivity index is 1.48. The number of pyridine rings is 1. The fourth-order valence-electron chi connectivity index (χ4n) is 3.93. The van der Waals surface area contributed by atoms with Crippen molar-refractivity contribution in [1.82, 2.24) is 19.7 Å². The number of nitrogens with zero attached hydrogens (tertiary/aromatic N) is 4. The quantitative estimate of drug-likeness (QED) is 0.734. The molecule has 0 amide bonds. The zero-order valence-corrected chi connectivity index (χ0v) is 16.4. The summed E-state index contributed by atoms with van der Waals surface area (Å²) in [4.78, 5) is 19.2. The molecule has 3 heterocycles. The van der Waals surface area contributed by atoms with Gasteiger partial charge in [-0.05, 0) is 37.0 Å². The van der Waals surface area contributed by atoms with Crippen molar-refractivity contribution >= 4 is 16.9 Å². The molecule has 3 aromatic rings. The number of benzene rings is 1. The van der Waals surface area contributed by atoms with Crippen molar-refractivity contribution in [2.24, 2.45) is 0 Å². The Labute approximate surface area is 164 Å². The fourth-order valence-corrected chi connectivity index (χ4v) is 3.93. The Morgan fingerprint density at radius 3 is 2.57 bits per heavy atom. The van der Waals surface area contributed by atoms with Crippen molar-refractivity contribution in [3.05, 3.63) is 60.0 Å². The topological polar surface area (TPSA) is 71.2 Å². The van der Waals surface area contributed by atoms with E-state index in [1.165, 1.54) is 0 Å². The third-order valence-corrected chi connectivity index (χ3v) is 5.76. The average Bonchev–Trinajstić information content (AvgIpc) is 3.19. The minimum absolute atomic E-state index is 0.283. The molecule has 0 bridgehead atoms. The lowest BCUT2D eigenvalue weighted by atomic mass is 9.87. The van der Waals surface area contributed by atoms with Gasteiger partial charge in [-0.25, -0.2) is 4.79 Å². The molecule has 1 fully saturated rings. The molecule has 4 rings (SSSR count). The summed E-state index contributed by atoms with van der Waals surface area (Å²) in [5.41, 5.74) is 1.99. The van der Waals surface area contributed by atoms with E-state index in [9.17, 15) is 9.90 Å². The smallest absolute Gasteiger partial charge is 0.331 e. The number of hydrogen-bond acceptors (Lipinski definition) is 4. The second kappa shape index (κ2) is 7.36. The molecule has 0 radical (unpaired) electrons.